The molecule has 1 saturated carbocycles. The summed E-state index contributed by atoms with van der Waals surface area (Å²) in [5, 5.41) is 11.5. The molecule has 6 nitrogen and oxygen atoms in total. The van der Waals surface area contributed by atoms with Crippen LogP contribution in [0.3, 0.4) is 0 Å². The molecular weight excluding hydrogens is 480 g/mol. The normalized spacial score (nSPS) is 23.1. The van der Waals surface area contributed by atoms with Gasteiger partial charge in [-0.25, -0.2) is 0 Å². The minimum absolute atomic E-state index is 0.0440. The molecule has 1 aliphatic rings. The highest BCUT2D eigenvalue weighted by atomic mass is 35.5. The lowest BCUT2D eigenvalue weighted by Crippen LogP contribution is -2.40. The molecular formula is C29H41ClO6. The van der Waals surface area contributed by atoms with Crippen molar-refractivity contribution >= 4 is 23.4 Å². The van der Waals surface area contributed by atoms with Crippen LogP contribution in [0.25, 0.3) is 0 Å². The van der Waals surface area contributed by atoms with Crippen LogP contribution in [0.1, 0.15) is 84.3 Å². The number of phenols is 1. The number of halogens is 1. The fourth-order valence-electron chi connectivity index (χ4n) is 4.72. The SMILES string of the molecule is CCOC(OCC)c1c(C)c(Cl)c(OC(C)=O)c(C/C=C(C)/C=C/C2(C)C(C)CCC(=O)C2C)c1O. The number of rotatable bonds is 10. The van der Waals surface area contributed by atoms with Crippen molar-refractivity contribution < 1.29 is 28.9 Å². The Morgan fingerprint density at radius 1 is 1.22 bits per heavy atom. The van der Waals surface area contributed by atoms with Crippen molar-refractivity contribution in [2.45, 2.75) is 80.9 Å². The summed E-state index contributed by atoms with van der Waals surface area (Å²) in [5.41, 5.74) is 2.06. The van der Waals surface area contributed by atoms with Gasteiger partial charge in [0.25, 0.3) is 0 Å². The van der Waals surface area contributed by atoms with Gasteiger partial charge in [0.15, 0.2) is 12.0 Å². The van der Waals surface area contributed by atoms with Crippen LogP contribution in [-0.4, -0.2) is 30.1 Å². The van der Waals surface area contributed by atoms with Gasteiger partial charge in [-0.05, 0) is 57.4 Å². The lowest BCUT2D eigenvalue weighted by molar-refractivity contribution is -0.141. The van der Waals surface area contributed by atoms with E-state index in [9.17, 15) is 14.7 Å². The molecule has 0 spiro atoms. The number of aromatic hydroxyl groups is 1. The van der Waals surface area contributed by atoms with E-state index in [-0.39, 0.29) is 34.3 Å². The lowest BCUT2D eigenvalue weighted by Gasteiger charge is -2.42. The first-order valence-electron chi connectivity index (χ1n) is 12.7. The number of hydrogen-bond acceptors (Lipinski definition) is 6. The highest BCUT2D eigenvalue weighted by Crippen LogP contribution is 2.46. The molecule has 0 saturated heterocycles. The van der Waals surface area contributed by atoms with Crippen molar-refractivity contribution in [3.63, 3.8) is 0 Å². The van der Waals surface area contributed by atoms with E-state index < -0.39 is 12.3 Å². The quantitative estimate of drug-likeness (QED) is 0.154. The molecule has 1 N–H and O–H groups in total. The van der Waals surface area contributed by atoms with Crippen molar-refractivity contribution in [3.8, 4) is 11.5 Å². The Morgan fingerprint density at radius 2 is 1.83 bits per heavy atom. The number of ketones is 1. The number of ether oxygens (including phenoxy) is 3. The topological polar surface area (TPSA) is 82.1 Å². The molecule has 1 aliphatic carbocycles. The standard InChI is InChI=1S/C29H41ClO6/c1-9-34-28(35-10-2)24-19(5)25(30)27(36-21(7)31)22(26(24)33)13-11-17(3)15-16-29(8)18(4)12-14-23(32)20(29)6/h11,15-16,18,20,28,33H,9-10,12-14H2,1-8H3/b16-15+,17-11+. The summed E-state index contributed by atoms with van der Waals surface area (Å²) in [7, 11) is 0. The van der Waals surface area contributed by atoms with Crippen LogP contribution in [0.5, 0.6) is 11.5 Å². The molecule has 0 aromatic heterocycles. The van der Waals surface area contributed by atoms with E-state index in [0.717, 1.165) is 12.0 Å². The zero-order valence-corrected chi connectivity index (χ0v) is 23.6. The molecule has 3 unspecified atom stereocenters. The molecule has 0 amide bonds. The Labute approximate surface area is 220 Å². The fraction of sp³-hybridized carbons (Fsp3) is 0.586. The van der Waals surface area contributed by atoms with E-state index in [1.165, 1.54) is 6.92 Å². The van der Waals surface area contributed by atoms with Crippen molar-refractivity contribution in [1.29, 1.82) is 0 Å². The molecule has 0 aliphatic heterocycles. The number of carbonyl (C=O) groups excluding carboxylic acids is 2. The van der Waals surface area contributed by atoms with Gasteiger partial charge in [0.1, 0.15) is 11.5 Å². The maximum Gasteiger partial charge on any atom is 0.308 e. The highest BCUT2D eigenvalue weighted by molar-refractivity contribution is 6.33. The van der Waals surface area contributed by atoms with Gasteiger partial charge in [-0.3, -0.25) is 9.59 Å². The van der Waals surface area contributed by atoms with Crippen molar-refractivity contribution in [2.24, 2.45) is 17.3 Å². The average molecular weight is 521 g/mol. The first kappa shape index (κ1) is 30.1. The number of phenolic OH excluding ortho intramolecular Hbond substituents is 1. The Kier molecular flexibility index (Phi) is 10.8. The molecule has 0 bridgehead atoms. The Hall–Kier alpha value is -2.15. The van der Waals surface area contributed by atoms with Crippen molar-refractivity contribution in [3.05, 3.63) is 45.5 Å². The van der Waals surface area contributed by atoms with Crippen LogP contribution in [0.4, 0.5) is 0 Å². The fourth-order valence-corrected chi connectivity index (χ4v) is 4.98. The van der Waals surface area contributed by atoms with Crippen LogP contribution < -0.4 is 4.74 Å². The summed E-state index contributed by atoms with van der Waals surface area (Å²) < 4.78 is 16.9. The largest absolute Gasteiger partial charge is 0.507 e. The third kappa shape index (κ3) is 6.58. The van der Waals surface area contributed by atoms with Crippen LogP contribution >= 0.6 is 11.6 Å². The second-order valence-electron chi connectivity index (χ2n) is 9.82. The van der Waals surface area contributed by atoms with E-state index >= 15 is 0 Å². The summed E-state index contributed by atoms with van der Waals surface area (Å²) in [5.74, 6) is 0.181. The number of hydrogen-bond donors (Lipinski definition) is 1. The molecule has 0 heterocycles. The predicted octanol–water partition coefficient (Wildman–Crippen LogP) is 7.04. The van der Waals surface area contributed by atoms with Crippen molar-refractivity contribution in [1.82, 2.24) is 0 Å². The van der Waals surface area contributed by atoms with Gasteiger partial charge in [-0.15, -0.1) is 0 Å². The van der Waals surface area contributed by atoms with Gasteiger partial charge < -0.3 is 19.3 Å². The molecule has 36 heavy (non-hydrogen) atoms. The molecule has 1 aromatic carbocycles. The van der Waals surface area contributed by atoms with Gasteiger partial charge in [-0.2, -0.15) is 0 Å². The predicted molar refractivity (Wildman–Crippen MR) is 142 cm³/mol. The molecule has 1 fully saturated rings. The number of esters is 1. The molecule has 2 rings (SSSR count). The first-order valence-corrected chi connectivity index (χ1v) is 13.1. The Balaban J connectivity index is 2.50. The monoisotopic (exact) mass is 520 g/mol. The van der Waals surface area contributed by atoms with E-state index in [2.05, 4.69) is 19.9 Å². The first-order chi connectivity index (χ1) is 16.9. The summed E-state index contributed by atoms with van der Waals surface area (Å²) in [6.45, 7) is 15.8. The summed E-state index contributed by atoms with van der Waals surface area (Å²) >= 11 is 6.64. The molecule has 1 aromatic rings. The smallest absolute Gasteiger partial charge is 0.308 e. The Bertz CT molecular complexity index is 1020. The molecule has 0 radical (unpaired) electrons. The third-order valence-corrected chi connectivity index (χ3v) is 7.96. The summed E-state index contributed by atoms with van der Waals surface area (Å²) in [6, 6.07) is 0. The van der Waals surface area contributed by atoms with Crippen LogP contribution in [0, 0.1) is 24.2 Å². The van der Waals surface area contributed by atoms with E-state index in [1.54, 1.807) is 6.92 Å². The van der Waals surface area contributed by atoms with Crippen LogP contribution in [0.2, 0.25) is 5.02 Å². The average Bonchev–Trinajstić information content (AvgIpc) is 2.82. The number of carbonyl (C=O) groups is 2. The number of Topliss-reactive ketones (excluding diaryl/α,β-unsaturated/α-hetero) is 1. The molecule has 200 valence electrons. The third-order valence-electron chi connectivity index (χ3n) is 7.50. The number of benzene rings is 1. The maximum absolute atomic E-state index is 12.4. The zero-order valence-electron chi connectivity index (χ0n) is 22.9. The van der Waals surface area contributed by atoms with Gasteiger partial charge >= 0.3 is 5.97 Å². The highest BCUT2D eigenvalue weighted by Gasteiger charge is 2.41. The second-order valence-corrected chi connectivity index (χ2v) is 10.2. The van der Waals surface area contributed by atoms with Gasteiger partial charge in [0, 0.05) is 38.0 Å². The van der Waals surface area contributed by atoms with Crippen molar-refractivity contribution in [2.75, 3.05) is 13.2 Å². The molecule has 3 atom stereocenters. The van der Waals surface area contributed by atoms with Gasteiger partial charge in [0.2, 0.25) is 0 Å². The Morgan fingerprint density at radius 3 is 2.39 bits per heavy atom. The van der Waals surface area contributed by atoms with Gasteiger partial charge in [-0.1, -0.05) is 56.2 Å². The number of allylic oxidation sites excluding steroid dienone is 4. The molecule has 7 heteroatoms. The minimum atomic E-state index is -0.806. The zero-order chi connectivity index (χ0) is 27.2. The minimum Gasteiger partial charge on any atom is -0.507 e. The van der Waals surface area contributed by atoms with E-state index in [0.29, 0.717) is 48.0 Å². The van der Waals surface area contributed by atoms with Crippen LogP contribution in [0.15, 0.2) is 23.8 Å². The summed E-state index contributed by atoms with van der Waals surface area (Å²) in [6.07, 6.45) is 7.08. The van der Waals surface area contributed by atoms with E-state index in [1.807, 2.05) is 39.8 Å². The van der Waals surface area contributed by atoms with Gasteiger partial charge in [0.05, 0.1) is 10.6 Å². The summed E-state index contributed by atoms with van der Waals surface area (Å²) in [4.78, 5) is 24.2. The van der Waals surface area contributed by atoms with Crippen LogP contribution in [-0.2, 0) is 25.5 Å². The van der Waals surface area contributed by atoms with E-state index in [4.69, 9.17) is 25.8 Å². The second kappa shape index (κ2) is 12.9. The maximum atomic E-state index is 12.4. The lowest BCUT2D eigenvalue weighted by atomic mass is 9.61.